The molecular formula is C21H23N3O6. The van der Waals surface area contributed by atoms with Gasteiger partial charge < -0.3 is 19.5 Å². The Hall–Kier alpha value is -3.75. The monoisotopic (exact) mass is 413 g/mol. The van der Waals surface area contributed by atoms with Crippen molar-refractivity contribution >= 4 is 11.8 Å². The van der Waals surface area contributed by atoms with Crippen LogP contribution in [0.4, 0.5) is 5.82 Å². The molecule has 0 bridgehead atoms. The molecule has 0 saturated heterocycles. The summed E-state index contributed by atoms with van der Waals surface area (Å²) >= 11 is 0. The van der Waals surface area contributed by atoms with Gasteiger partial charge in [-0.05, 0) is 31.5 Å². The van der Waals surface area contributed by atoms with E-state index in [1.54, 1.807) is 25.1 Å². The van der Waals surface area contributed by atoms with Gasteiger partial charge in [-0.3, -0.25) is 14.8 Å². The van der Waals surface area contributed by atoms with Crippen molar-refractivity contribution in [2.24, 2.45) is 0 Å². The van der Waals surface area contributed by atoms with Gasteiger partial charge in [-0.25, -0.2) is 9.59 Å². The molecule has 0 saturated carbocycles. The fraction of sp³-hybridized carbons (Fsp3) is 0.286. The molecule has 1 atom stereocenters. The van der Waals surface area contributed by atoms with Gasteiger partial charge in [0.1, 0.15) is 12.4 Å². The van der Waals surface area contributed by atoms with E-state index in [0.717, 1.165) is 0 Å². The van der Waals surface area contributed by atoms with Crippen LogP contribution in [0.1, 0.15) is 30.9 Å². The summed E-state index contributed by atoms with van der Waals surface area (Å²) in [4.78, 5) is 42.2. The van der Waals surface area contributed by atoms with Gasteiger partial charge in [-0.2, -0.15) is 0 Å². The third-order valence-corrected chi connectivity index (χ3v) is 4.65. The molecule has 0 fully saturated rings. The molecule has 0 amide bonds. The molecule has 1 aromatic carbocycles. The van der Waals surface area contributed by atoms with Gasteiger partial charge in [-0.15, -0.1) is 0 Å². The van der Waals surface area contributed by atoms with Crippen LogP contribution < -0.4 is 26.0 Å². The molecule has 2 aromatic rings. The summed E-state index contributed by atoms with van der Waals surface area (Å²) < 4.78 is 16.2. The molecule has 1 aliphatic heterocycles. The maximum Gasteiger partial charge on any atom is 0.337 e. The number of H-pyrrole nitrogens is 2. The van der Waals surface area contributed by atoms with Crippen molar-refractivity contribution in [2.45, 2.75) is 19.8 Å². The van der Waals surface area contributed by atoms with E-state index >= 15 is 0 Å². The summed E-state index contributed by atoms with van der Waals surface area (Å²) in [5, 5.41) is 2.93. The first kappa shape index (κ1) is 21.0. The Labute approximate surface area is 172 Å². The molecule has 9 heteroatoms. The van der Waals surface area contributed by atoms with Crippen LogP contribution in [0.25, 0.3) is 0 Å². The van der Waals surface area contributed by atoms with E-state index in [1.165, 1.54) is 13.2 Å². The molecule has 1 aromatic heterocycles. The zero-order chi connectivity index (χ0) is 21.8. The quantitative estimate of drug-likeness (QED) is 0.469. The van der Waals surface area contributed by atoms with Crippen LogP contribution in [-0.2, 0) is 9.53 Å². The number of benzene rings is 1. The highest BCUT2D eigenvalue weighted by atomic mass is 16.5. The first-order valence-corrected chi connectivity index (χ1v) is 9.34. The molecule has 3 rings (SSSR count). The molecule has 0 spiro atoms. The third-order valence-electron chi connectivity index (χ3n) is 4.65. The predicted octanol–water partition coefficient (Wildman–Crippen LogP) is 2.03. The van der Waals surface area contributed by atoms with Crippen molar-refractivity contribution in [3.8, 4) is 11.5 Å². The number of nitrogens with one attached hydrogen (secondary N) is 3. The number of allylic oxidation sites excluding steroid dienone is 1. The number of fused-ring (bicyclic) bond motifs is 1. The lowest BCUT2D eigenvalue weighted by molar-refractivity contribution is -0.138. The predicted molar refractivity (Wildman–Crippen MR) is 111 cm³/mol. The topological polar surface area (TPSA) is 123 Å². The van der Waals surface area contributed by atoms with Gasteiger partial charge in [-0.1, -0.05) is 18.7 Å². The second-order valence-corrected chi connectivity index (χ2v) is 6.52. The van der Waals surface area contributed by atoms with E-state index in [0.29, 0.717) is 29.4 Å². The highest BCUT2D eigenvalue weighted by Crippen LogP contribution is 2.41. The lowest BCUT2D eigenvalue weighted by Crippen LogP contribution is -2.35. The highest BCUT2D eigenvalue weighted by molar-refractivity contribution is 5.94. The zero-order valence-electron chi connectivity index (χ0n) is 17.0. The average Bonchev–Trinajstić information content (AvgIpc) is 2.71. The largest absolute Gasteiger partial charge is 0.493 e. The van der Waals surface area contributed by atoms with Gasteiger partial charge in [0.25, 0.3) is 5.56 Å². The smallest absolute Gasteiger partial charge is 0.337 e. The molecule has 9 nitrogen and oxygen atoms in total. The highest BCUT2D eigenvalue weighted by Gasteiger charge is 2.36. The summed E-state index contributed by atoms with van der Waals surface area (Å²) in [7, 11) is 1.50. The maximum atomic E-state index is 12.9. The molecule has 0 radical (unpaired) electrons. The van der Waals surface area contributed by atoms with Crippen LogP contribution in [0.3, 0.4) is 0 Å². The van der Waals surface area contributed by atoms with Crippen LogP contribution in [0.5, 0.6) is 11.5 Å². The maximum absolute atomic E-state index is 12.9. The Morgan fingerprint density at radius 2 is 2.00 bits per heavy atom. The number of aromatic amines is 2. The first-order chi connectivity index (χ1) is 14.4. The second kappa shape index (κ2) is 8.73. The molecule has 30 heavy (non-hydrogen) atoms. The molecule has 1 aliphatic rings. The van der Waals surface area contributed by atoms with E-state index in [1.807, 2.05) is 6.92 Å². The van der Waals surface area contributed by atoms with Crippen molar-refractivity contribution in [1.82, 2.24) is 9.97 Å². The van der Waals surface area contributed by atoms with Gasteiger partial charge in [0.2, 0.25) is 0 Å². The van der Waals surface area contributed by atoms with Crippen LogP contribution in [0.15, 0.2) is 51.7 Å². The molecule has 2 heterocycles. The minimum atomic E-state index is -0.802. The average molecular weight is 413 g/mol. The summed E-state index contributed by atoms with van der Waals surface area (Å²) in [5.41, 5.74) is 0.224. The Kier molecular flexibility index (Phi) is 6.10. The van der Waals surface area contributed by atoms with Crippen molar-refractivity contribution in [3.63, 3.8) is 0 Å². The van der Waals surface area contributed by atoms with Gasteiger partial charge in [0.05, 0.1) is 30.8 Å². The number of rotatable bonds is 7. The number of ether oxygens (including phenoxy) is 3. The number of esters is 1. The minimum absolute atomic E-state index is 0.0176. The van der Waals surface area contributed by atoms with E-state index in [-0.39, 0.29) is 23.6 Å². The number of carbonyl (C=O) groups is 1. The number of hydrogen-bond acceptors (Lipinski definition) is 7. The van der Waals surface area contributed by atoms with Crippen LogP contribution in [0, 0.1) is 0 Å². The zero-order valence-corrected chi connectivity index (χ0v) is 17.0. The standard InChI is InChI=1S/C21H23N3O6/c1-5-9-30-20(26)15-11(3)22-18-17(19(25)24-21(27)23-18)16(15)12-7-8-13(29-6-2)14(10-12)28-4/h5,7-8,10,16H,1,6,9H2,2-4H3,(H3,22,23,24,25,27)/t16-/m1/s1. The summed E-state index contributed by atoms with van der Waals surface area (Å²) in [6.07, 6.45) is 1.46. The summed E-state index contributed by atoms with van der Waals surface area (Å²) in [6, 6.07) is 5.15. The van der Waals surface area contributed by atoms with Gasteiger partial charge in [0.15, 0.2) is 11.5 Å². The molecule has 0 unspecified atom stereocenters. The Bertz CT molecular complexity index is 1130. The van der Waals surface area contributed by atoms with E-state index in [4.69, 9.17) is 14.2 Å². The lowest BCUT2D eigenvalue weighted by atomic mass is 9.82. The summed E-state index contributed by atoms with van der Waals surface area (Å²) in [5.74, 6) is -0.200. The van der Waals surface area contributed by atoms with E-state index < -0.39 is 23.1 Å². The lowest BCUT2D eigenvalue weighted by Gasteiger charge is -2.29. The normalized spacial score (nSPS) is 15.1. The fourth-order valence-corrected chi connectivity index (χ4v) is 3.44. The van der Waals surface area contributed by atoms with E-state index in [9.17, 15) is 14.4 Å². The minimum Gasteiger partial charge on any atom is -0.493 e. The van der Waals surface area contributed by atoms with Crippen LogP contribution >= 0.6 is 0 Å². The number of aromatic nitrogens is 2. The second-order valence-electron chi connectivity index (χ2n) is 6.52. The number of anilines is 1. The van der Waals surface area contributed by atoms with E-state index in [2.05, 4.69) is 21.9 Å². The number of hydrogen-bond donors (Lipinski definition) is 3. The van der Waals surface area contributed by atoms with Gasteiger partial charge in [0, 0.05) is 5.70 Å². The molecule has 3 N–H and O–H groups in total. The summed E-state index contributed by atoms with van der Waals surface area (Å²) in [6.45, 7) is 7.54. The Morgan fingerprint density at radius 1 is 1.23 bits per heavy atom. The molecule has 158 valence electrons. The van der Waals surface area contributed by atoms with Crippen molar-refractivity contribution < 1.29 is 19.0 Å². The van der Waals surface area contributed by atoms with Gasteiger partial charge >= 0.3 is 11.7 Å². The van der Waals surface area contributed by atoms with Crippen LogP contribution in [-0.4, -0.2) is 36.3 Å². The number of carbonyl (C=O) groups excluding carboxylic acids is 1. The Morgan fingerprint density at radius 3 is 2.67 bits per heavy atom. The van der Waals surface area contributed by atoms with Crippen molar-refractivity contribution in [1.29, 1.82) is 0 Å². The van der Waals surface area contributed by atoms with Crippen molar-refractivity contribution in [3.05, 3.63) is 74.1 Å². The van der Waals surface area contributed by atoms with Crippen LogP contribution in [0.2, 0.25) is 0 Å². The molecule has 0 aliphatic carbocycles. The first-order valence-electron chi connectivity index (χ1n) is 9.34. The Balaban J connectivity index is 2.24. The fourth-order valence-electron chi connectivity index (χ4n) is 3.44. The molecular weight excluding hydrogens is 390 g/mol. The number of methoxy groups -OCH3 is 1. The van der Waals surface area contributed by atoms with Crippen molar-refractivity contribution in [2.75, 3.05) is 25.6 Å². The SMILES string of the molecule is C=CCOC(=O)C1=C(C)Nc2[nH]c(=O)[nH]c(=O)c2[C@@H]1c1ccc(OCC)c(OC)c1. The third kappa shape index (κ3) is 3.86.